The second-order valence-electron chi connectivity index (χ2n) is 8.53. The number of halogens is 2. The number of carbonyl (C=O) groups excluding carboxylic acids is 1. The second kappa shape index (κ2) is 9.62. The third-order valence-electron chi connectivity index (χ3n) is 5.96. The van der Waals surface area contributed by atoms with E-state index in [4.69, 9.17) is 10.5 Å². The number of ether oxygens (including phenoxy) is 1. The van der Waals surface area contributed by atoms with Crippen molar-refractivity contribution < 1.29 is 18.3 Å². The maximum Gasteiger partial charge on any atom is 0.214 e. The van der Waals surface area contributed by atoms with Crippen LogP contribution in [0.3, 0.4) is 0 Å². The van der Waals surface area contributed by atoms with Crippen LogP contribution in [-0.2, 0) is 0 Å². The molecule has 0 amide bonds. The molecular formula is C27H23F2N5O2S. The van der Waals surface area contributed by atoms with E-state index >= 15 is 0 Å². The van der Waals surface area contributed by atoms with Crippen LogP contribution in [0.5, 0.6) is 11.5 Å². The summed E-state index contributed by atoms with van der Waals surface area (Å²) < 4.78 is 38.4. The van der Waals surface area contributed by atoms with Crippen molar-refractivity contribution >= 4 is 40.1 Å². The number of H-pyrrole nitrogens is 1. The van der Waals surface area contributed by atoms with E-state index in [1.54, 1.807) is 48.7 Å². The number of hydrogen-bond donors (Lipinski definition) is 3. The SMILES string of the molecule is CSNc1cc2[nH]c(C(=O)c3cnn(-c4c(C)cc(Oc5ccccc5F)cc4C)c3N)cc2cc1F. The largest absolute Gasteiger partial charge is 0.454 e. The van der Waals surface area contributed by atoms with Crippen molar-refractivity contribution in [3.8, 4) is 17.2 Å². The molecule has 5 aromatic rings. The standard InChI is InChI=1S/C27H23F2N5O2S/c1-14-8-17(36-24-7-5-4-6-19(24)28)9-15(2)25(14)34-27(30)18(13-31-34)26(35)23-11-16-10-20(29)22(33-37-3)12-21(16)32-23/h4-13,32-33H,30H2,1-3H3. The lowest BCUT2D eigenvalue weighted by molar-refractivity contribution is 0.103. The highest BCUT2D eigenvalue weighted by atomic mass is 32.2. The topological polar surface area (TPSA) is 98.0 Å². The Kier molecular flexibility index (Phi) is 6.34. The average Bonchev–Trinajstić information content (AvgIpc) is 3.43. The Morgan fingerprint density at radius 1 is 1.08 bits per heavy atom. The van der Waals surface area contributed by atoms with Gasteiger partial charge in [0.1, 0.15) is 17.4 Å². The van der Waals surface area contributed by atoms with Gasteiger partial charge in [0.2, 0.25) is 5.78 Å². The van der Waals surface area contributed by atoms with Crippen LogP contribution in [0.15, 0.2) is 60.8 Å². The lowest BCUT2D eigenvalue weighted by Crippen LogP contribution is -2.09. The Bertz CT molecular complexity index is 1640. The van der Waals surface area contributed by atoms with Crippen molar-refractivity contribution in [1.29, 1.82) is 0 Å². The highest BCUT2D eigenvalue weighted by molar-refractivity contribution is 7.99. The van der Waals surface area contributed by atoms with Gasteiger partial charge >= 0.3 is 0 Å². The lowest BCUT2D eigenvalue weighted by Gasteiger charge is -2.15. The third-order valence-corrected chi connectivity index (χ3v) is 6.38. The molecule has 0 unspecified atom stereocenters. The maximum absolute atomic E-state index is 14.3. The van der Waals surface area contributed by atoms with Crippen molar-refractivity contribution in [2.45, 2.75) is 13.8 Å². The number of nitrogens with zero attached hydrogens (tertiary/aromatic N) is 2. The maximum atomic E-state index is 14.3. The first-order valence-corrected chi connectivity index (χ1v) is 12.5. The quantitative estimate of drug-likeness (QED) is 0.167. The highest BCUT2D eigenvalue weighted by Gasteiger charge is 2.22. The molecule has 0 saturated carbocycles. The minimum atomic E-state index is -0.460. The molecule has 0 aliphatic rings. The van der Waals surface area contributed by atoms with Crippen molar-refractivity contribution in [2.75, 3.05) is 16.7 Å². The van der Waals surface area contributed by atoms with E-state index in [1.807, 2.05) is 13.8 Å². The van der Waals surface area contributed by atoms with E-state index in [2.05, 4.69) is 14.8 Å². The van der Waals surface area contributed by atoms with Crippen LogP contribution in [0, 0.1) is 25.5 Å². The molecule has 4 N–H and O–H groups in total. The zero-order valence-corrected chi connectivity index (χ0v) is 21.0. The van der Waals surface area contributed by atoms with Crippen LogP contribution >= 0.6 is 11.9 Å². The van der Waals surface area contributed by atoms with Crippen LogP contribution in [0.1, 0.15) is 27.2 Å². The number of para-hydroxylation sites is 1. The van der Waals surface area contributed by atoms with Crippen LogP contribution in [0.2, 0.25) is 0 Å². The molecule has 2 heterocycles. The number of aromatic amines is 1. The fourth-order valence-electron chi connectivity index (χ4n) is 4.28. The number of hydrogen-bond acceptors (Lipinski definition) is 6. The number of aromatic nitrogens is 3. The van der Waals surface area contributed by atoms with Gasteiger partial charge in [0.25, 0.3) is 0 Å². The fraction of sp³-hybridized carbons (Fsp3) is 0.111. The summed E-state index contributed by atoms with van der Waals surface area (Å²) in [7, 11) is 0. The van der Waals surface area contributed by atoms with Crippen molar-refractivity contribution in [2.24, 2.45) is 0 Å². The van der Waals surface area contributed by atoms with E-state index in [9.17, 15) is 13.6 Å². The summed E-state index contributed by atoms with van der Waals surface area (Å²) in [6.07, 6.45) is 3.20. The number of nitrogens with two attached hydrogens (primary N) is 1. The van der Waals surface area contributed by atoms with E-state index in [0.29, 0.717) is 28.0 Å². The summed E-state index contributed by atoms with van der Waals surface area (Å²) in [5, 5.41) is 4.94. The molecule has 0 radical (unpaired) electrons. The van der Waals surface area contributed by atoms with Crippen LogP contribution in [0.4, 0.5) is 20.3 Å². The first-order valence-electron chi connectivity index (χ1n) is 11.3. The second-order valence-corrected chi connectivity index (χ2v) is 9.14. The summed E-state index contributed by atoms with van der Waals surface area (Å²) >= 11 is 1.27. The van der Waals surface area contributed by atoms with Gasteiger partial charge in [0.15, 0.2) is 11.6 Å². The molecule has 0 aliphatic carbocycles. The summed E-state index contributed by atoms with van der Waals surface area (Å²) in [5.74, 6) is -0.497. The zero-order valence-electron chi connectivity index (χ0n) is 20.2. The Morgan fingerprint density at radius 2 is 1.81 bits per heavy atom. The molecule has 0 atom stereocenters. The van der Waals surface area contributed by atoms with E-state index < -0.39 is 11.6 Å². The molecule has 0 saturated heterocycles. The first-order chi connectivity index (χ1) is 17.8. The number of carbonyl (C=O) groups is 1. The third kappa shape index (κ3) is 4.51. The van der Waals surface area contributed by atoms with E-state index in [0.717, 1.165) is 11.1 Å². The number of anilines is 2. The summed E-state index contributed by atoms with van der Waals surface area (Å²) in [6, 6.07) is 14.2. The van der Waals surface area contributed by atoms with Gasteiger partial charge in [-0.3, -0.25) is 4.79 Å². The van der Waals surface area contributed by atoms with Crippen molar-refractivity contribution in [3.63, 3.8) is 0 Å². The number of fused-ring (bicyclic) bond motifs is 1. The number of ketones is 1. The number of nitrogen functional groups attached to an aromatic ring is 1. The smallest absolute Gasteiger partial charge is 0.214 e. The molecular weight excluding hydrogens is 496 g/mol. The molecule has 0 spiro atoms. The van der Waals surface area contributed by atoms with Gasteiger partial charge in [0, 0.05) is 17.2 Å². The van der Waals surface area contributed by atoms with Crippen LogP contribution < -0.4 is 15.2 Å². The zero-order chi connectivity index (χ0) is 26.3. The van der Waals surface area contributed by atoms with Gasteiger partial charge in [-0.2, -0.15) is 5.10 Å². The molecule has 10 heteroatoms. The number of aryl methyl sites for hydroxylation is 2. The van der Waals surface area contributed by atoms with Crippen molar-refractivity contribution in [3.05, 3.63) is 94.8 Å². The summed E-state index contributed by atoms with van der Waals surface area (Å²) in [6.45, 7) is 3.71. The highest BCUT2D eigenvalue weighted by Crippen LogP contribution is 2.32. The minimum absolute atomic E-state index is 0.120. The summed E-state index contributed by atoms with van der Waals surface area (Å²) in [5.41, 5.74) is 10.0. The Hall–Kier alpha value is -4.31. The van der Waals surface area contributed by atoms with Gasteiger partial charge in [-0.1, -0.05) is 24.1 Å². The molecule has 0 bridgehead atoms. The average molecular weight is 520 g/mol. The molecule has 7 nitrogen and oxygen atoms in total. The summed E-state index contributed by atoms with van der Waals surface area (Å²) in [4.78, 5) is 16.4. The van der Waals surface area contributed by atoms with Gasteiger partial charge in [-0.25, -0.2) is 13.5 Å². The molecule has 188 valence electrons. The predicted molar refractivity (Wildman–Crippen MR) is 143 cm³/mol. The predicted octanol–water partition coefficient (Wildman–Crippen LogP) is 6.54. The normalized spacial score (nSPS) is 11.2. The van der Waals surface area contributed by atoms with E-state index in [1.165, 1.54) is 35.0 Å². The number of benzene rings is 3. The van der Waals surface area contributed by atoms with Crippen molar-refractivity contribution in [1.82, 2.24) is 14.8 Å². The molecule has 0 fully saturated rings. The van der Waals surface area contributed by atoms with Gasteiger partial charge in [-0.15, -0.1) is 0 Å². The van der Waals surface area contributed by atoms with Gasteiger partial charge in [0.05, 0.1) is 28.8 Å². The molecule has 37 heavy (non-hydrogen) atoms. The molecule has 3 aromatic carbocycles. The fourth-order valence-corrected chi connectivity index (χ4v) is 4.66. The molecule has 5 rings (SSSR count). The Labute approximate surface area is 215 Å². The van der Waals surface area contributed by atoms with Gasteiger partial charge in [-0.05, 0) is 67.4 Å². The monoisotopic (exact) mass is 519 g/mol. The van der Waals surface area contributed by atoms with E-state index in [-0.39, 0.29) is 28.6 Å². The number of rotatable bonds is 7. The first kappa shape index (κ1) is 24.4. The number of nitrogens with one attached hydrogen (secondary N) is 2. The van der Waals surface area contributed by atoms with Crippen LogP contribution in [0.25, 0.3) is 16.6 Å². The lowest BCUT2D eigenvalue weighted by atomic mass is 10.1. The molecule has 0 aliphatic heterocycles. The van der Waals surface area contributed by atoms with Gasteiger partial charge < -0.3 is 20.2 Å². The Morgan fingerprint density at radius 3 is 2.51 bits per heavy atom. The van der Waals surface area contributed by atoms with Crippen LogP contribution in [-0.4, -0.2) is 26.8 Å². The molecule has 2 aromatic heterocycles. The minimum Gasteiger partial charge on any atom is -0.454 e. The Balaban J connectivity index is 1.47.